The van der Waals surface area contributed by atoms with Crippen molar-refractivity contribution in [3.63, 3.8) is 0 Å². The summed E-state index contributed by atoms with van der Waals surface area (Å²) >= 11 is 0. The number of rotatable bonds is 3. The van der Waals surface area contributed by atoms with Crippen LogP contribution in [0.15, 0.2) is 124 Å². The van der Waals surface area contributed by atoms with Crippen molar-refractivity contribution in [3.05, 3.63) is 126 Å². The predicted molar refractivity (Wildman–Crippen MR) is 158 cm³/mol. The van der Waals surface area contributed by atoms with E-state index in [1.807, 2.05) is 0 Å². The molecule has 0 amide bonds. The lowest BCUT2D eigenvalue weighted by molar-refractivity contribution is 0.638. The lowest BCUT2D eigenvalue weighted by Crippen LogP contribution is -1.97. The molecule has 0 radical (unpaired) electrons. The molecule has 2 heterocycles. The number of fused-ring (bicyclic) bond motifs is 6. The molecular formula is C36H26O2. The molecule has 0 bridgehead atoms. The first-order chi connectivity index (χ1) is 18.8. The van der Waals surface area contributed by atoms with E-state index < -0.39 is 0 Å². The van der Waals surface area contributed by atoms with Crippen LogP contribution in [0.25, 0.3) is 60.6 Å². The van der Waals surface area contributed by atoms with Crippen LogP contribution in [0.4, 0.5) is 0 Å². The fourth-order valence-electron chi connectivity index (χ4n) is 6.15. The highest BCUT2D eigenvalue weighted by atomic mass is 16.3. The van der Waals surface area contributed by atoms with Crippen LogP contribution in [-0.4, -0.2) is 0 Å². The van der Waals surface area contributed by atoms with Crippen molar-refractivity contribution < 1.29 is 8.83 Å². The largest absolute Gasteiger partial charge is 0.456 e. The molecule has 38 heavy (non-hydrogen) atoms. The molecule has 2 nitrogen and oxygen atoms in total. The second kappa shape index (κ2) is 8.49. The monoisotopic (exact) mass is 490 g/mol. The van der Waals surface area contributed by atoms with E-state index in [1.165, 1.54) is 27.6 Å². The normalized spacial score (nSPS) is 17.3. The smallest absolute Gasteiger partial charge is 0.142 e. The zero-order valence-corrected chi connectivity index (χ0v) is 21.0. The molecule has 0 aliphatic heterocycles. The summed E-state index contributed by atoms with van der Waals surface area (Å²) in [7, 11) is 0. The number of allylic oxidation sites excluding steroid dienone is 8. The molecule has 0 spiro atoms. The third-order valence-corrected chi connectivity index (χ3v) is 8.07. The number of hydrogen-bond donors (Lipinski definition) is 0. The highest BCUT2D eigenvalue weighted by Crippen LogP contribution is 2.45. The second-order valence-corrected chi connectivity index (χ2v) is 10.3. The summed E-state index contributed by atoms with van der Waals surface area (Å²) in [5, 5.41) is 4.62. The second-order valence-electron chi connectivity index (χ2n) is 10.3. The van der Waals surface area contributed by atoms with Gasteiger partial charge in [-0.3, -0.25) is 0 Å². The van der Waals surface area contributed by atoms with Crippen molar-refractivity contribution in [1.29, 1.82) is 0 Å². The van der Waals surface area contributed by atoms with E-state index in [0.717, 1.165) is 63.3 Å². The van der Waals surface area contributed by atoms with E-state index in [0.29, 0.717) is 0 Å². The molecule has 2 aliphatic carbocycles. The molecule has 8 rings (SSSR count). The van der Waals surface area contributed by atoms with Crippen molar-refractivity contribution in [2.45, 2.75) is 25.2 Å². The van der Waals surface area contributed by atoms with E-state index in [2.05, 4.69) is 115 Å². The van der Waals surface area contributed by atoms with Crippen LogP contribution >= 0.6 is 0 Å². The van der Waals surface area contributed by atoms with E-state index in [-0.39, 0.29) is 5.92 Å². The molecular weight excluding hydrogens is 464 g/mol. The first-order valence-electron chi connectivity index (χ1n) is 13.4. The fraction of sp³-hybridized carbons (Fsp3) is 0.111. The standard InChI is InChI=1S/C36H26O2/c1-4-10-23(11-5-1)26-16-18-32-28(20-26)30-22-31-29-21-27(24-12-6-2-7-13-24)17-19-33(29)38-36(31)34(35(30)37-32)25-14-8-3-9-15-25/h1-6,8-12,14,16-22,25H,7,13,15H2. The molecule has 2 aliphatic rings. The maximum absolute atomic E-state index is 6.62. The van der Waals surface area contributed by atoms with E-state index >= 15 is 0 Å². The third-order valence-electron chi connectivity index (χ3n) is 8.07. The zero-order valence-electron chi connectivity index (χ0n) is 21.0. The van der Waals surface area contributed by atoms with Gasteiger partial charge in [-0.15, -0.1) is 0 Å². The molecule has 6 aromatic rings. The van der Waals surface area contributed by atoms with Gasteiger partial charge < -0.3 is 8.83 Å². The Morgan fingerprint density at radius 3 is 2.03 bits per heavy atom. The molecule has 1 atom stereocenters. The van der Waals surface area contributed by atoms with E-state index in [1.54, 1.807) is 0 Å². The van der Waals surface area contributed by atoms with Crippen LogP contribution < -0.4 is 0 Å². The van der Waals surface area contributed by atoms with Gasteiger partial charge in [0.15, 0.2) is 0 Å². The highest BCUT2D eigenvalue weighted by Gasteiger charge is 2.25. The Labute approximate surface area is 220 Å². The molecule has 0 fully saturated rings. The van der Waals surface area contributed by atoms with Crippen molar-refractivity contribution in [3.8, 4) is 11.1 Å². The first-order valence-corrected chi connectivity index (χ1v) is 13.4. The summed E-state index contributed by atoms with van der Waals surface area (Å²) in [5.74, 6) is 0.201. The number of hydrogen-bond acceptors (Lipinski definition) is 2. The lowest BCUT2D eigenvalue weighted by Gasteiger charge is -2.14. The number of furan rings is 2. The zero-order chi connectivity index (χ0) is 25.1. The minimum atomic E-state index is 0.201. The Hall–Kier alpha value is -4.56. The maximum Gasteiger partial charge on any atom is 0.142 e. The van der Waals surface area contributed by atoms with Crippen LogP contribution in [0.3, 0.4) is 0 Å². The Balaban J connectivity index is 1.44. The summed E-state index contributed by atoms with van der Waals surface area (Å²) in [5.41, 5.74) is 9.91. The van der Waals surface area contributed by atoms with Gasteiger partial charge in [-0.05, 0) is 71.9 Å². The van der Waals surface area contributed by atoms with Gasteiger partial charge in [0.1, 0.15) is 22.3 Å². The van der Waals surface area contributed by atoms with Crippen LogP contribution in [0.5, 0.6) is 0 Å². The fourth-order valence-corrected chi connectivity index (χ4v) is 6.15. The summed E-state index contributed by atoms with van der Waals surface area (Å²) in [6.07, 6.45) is 18.5. The summed E-state index contributed by atoms with van der Waals surface area (Å²) in [6.45, 7) is 0. The molecule has 182 valence electrons. The Morgan fingerprint density at radius 2 is 1.34 bits per heavy atom. The van der Waals surface area contributed by atoms with Gasteiger partial charge in [0.25, 0.3) is 0 Å². The third kappa shape index (κ3) is 3.34. The maximum atomic E-state index is 6.62. The van der Waals surface area contributed by atoms with Crippen LogP contribution in [0, 0.1) is 0 Å². The molecule has 2 aromatic heterocycles. The van der Waals surface area contributed by atoms with E-state index in [4.69, 9.17) is 8.83 Å². The van der Waals surface area contributed by atoms with Gasteiger partial charge in [-0.2, -0.15) is 0 Å². The molecule has 2 heteroatoms. The van der Waals surface area contributed by atoms with Gasteiger partial charge in [0.2, 0.25) is 0 Å². The summed E-state index contributed by atoms with van der Waals surface area (Å²) in [6, 6.07) is 26.0. The first kappa shape index (κ1) is 21.5. The number of benzene rings is 4. The summed E-state index contributed by atoms with van der Waals surface area (Å²) in [4.78, 5) is 0. The van der Waals surface area contributed by atoms with E-state index in [9.17, 15) is 0 Å². The van der Waals surface area contributed by atoms with Gasteiger partial charge in [-0.25, -0.2) is 0 Å². The minimum absolute atomic E-state index is 0.201. The quantitative estimate of drug-likeness (QED) is 0.247. The average molecular weight is 491 g/mol. The topological polar surface area (TPSA) is 26.3 Å². The summed E-state index contributed by atoms with van der Waals surface area (Å²) < 4.78 is 13.2. The van der Waals surface area contributed by atoms with Crippen LogP contribution in [-0.2, 0) is 0 Å². The lowest BCUT2D eigenvalue weighted by atomic mass is 9.89. The van der Waals surface area contributed by atoms with Crippen LogP contribution in [0.1, 0.15) is 36.3 Å². The highest BCUT2D eigenvalue weighted by molar-refractivity contribution is 6.18. The van der Waals surface area contributed by atoms with Crippen molar-refractivity contribution in [2.24, 2.45) is 0 Å². The Kier molecular flexibility index (Phi) is 4.81. The SMILES string of the molecule is C1=CCCC(c2ccc3oc4c(C5C=CC=CC5)c5oc6ccc(-c7ccccc7)cc6c5cc4c3c2)=C1. The van der Waals surface area contributed by atoms with Gasteiger partial charge in [0, 0.05) is 33.0 Å². The van der Waals surface area contributed by atoms with Gasteiger partial charge in [-0.1, -0.05) is 85.0 Å². The average Bonchev–Trinajstić information content (AvgIpc) is 3.54. The van der Waals surface area contributed by atoms with Gasteiger partial charge >= 0.3 is 0 Å². The molecule has 0 N–H and O–H groups in total. The minimum Gasteiger partial charge on any atom is -0.456 e. The van der Waals surface area contributed by atoms with Crippen molar-refractivity contribution in [2.75, 3.05) is 0 Å². The molecule has 1 unspecified atom stereocenters. The van der Waals surface area contributed by atoms with Crippen molar-refractivity contribution >= 4 is 49.5 Å². The Bertz CT molecular complexity index is 1990. The molecule has 0 saturated carbocycles. The predicted octanol–water partition coefficient (Wildman–Crippen LogP) is 10.5. The van der Waals surface area contributed by atoms with Crippen molar-refractivity contribution in [1.82, 2.24) is 0 Å². The Morgan fingerprint density at radius 1 is 0.605 bits per heavy atom. The molecule has 0 saturated heterocycles. The van der Waals surface area contributed by atoms with Gasteiger partial charge in [0.05, 0.1) is 0 Å². The molecule has 4 aromatic carbocycles. The van der Waals surface area contributed by atoms with Crippen LogP contribution in [0.2, 0.25) is 0 Å².